The van der Waals surface area contributed by atoms with E-state index in [1.807, 2.05) is 18.4 Å². The number of hydrogen-bond acceptors (Lipinski definition) is 3. The summed E-state index contributed by atoms with van der Waals surface area (Å²) in [6.07, 6.45) is 7.20. The van der Waals surface area contributed by atoms with Crippen LogP contribution in [-0.2, 0) is 13.0 Å². The van der Waals surface area contributed by atoms with Crippen LogP contribution in [0.15, 0.2) is 29.5 Å². The van der Waals surface area contributed by atoms with Crippen LogP contribution in [0.3, 0.4) is 0 Å². The van der Waals surface area contributed by atoms with Gasteiger partial charge in [0.05, 0.1) is 12.6 Å². The highest BCUT2D eigenvalue weighted by molar-refractivity contribution is 5.80. The average molecular weight is 390 g/mol. The molecule has 0 bridgehead atoms. The van der Waals surface area contributed by atoms with Crippen molar-refractivity contribution in [3.05, 3.63) is 47.5 Å². The number of nitrogens with zero attached hydrogens (tertiary/aromatic N) is 4. The number of nitrogens with one attached hydrogen (secondary N) is 2. The molecule has 0 amide bonds. The molecule has 1 atom stereocenters. The molecule has 1 aromatic carbocycles. The average Bonchev–Trinajstić information content (AvgIpc) is 3.35. The Morgan fingerprint density at radius 2 is 2.07 bits per heavy atom. The Balaban J connectivity index is 1.67. The minimum absolute atomic E-state index is 0.205. The lowest BCUT2D eigenvalue weighted by Crippen LogP contribution is -2.43. The fraction of sp³-hybridized carbons (Fsp3) is 0.550. The van der Waals surface area contributed by atoms with Gasteiger partial charge in [0.2, 0.25) is 0 Å². The molecule has 0 radical (unpaired) electrons. The van der Waals surface area contributed by atoms with Gasteiger partial charge in [0.15, 0.2) is 17.6 Å². The van der Waals surface area contributed by atoms with Gasteiger partial charge >= 0.3 is 0 Å². The number of aryl methyl sites for hydroxylation is 1. The first kappa shape index (κ1) is 20.2. The zero-order chi connectivity index (χ0) is 19.9. The molecule has 152 valence electrons. The summed E-state index contributed by atoms with van der Waals surface area (Å²) in [6.45, 7) is 5.21. The first-order valence-corrected chi connectivity index (χ1v) is 9.96. The minimum Gasteiger partial charge on any atom is -0.354 e. The summed E-state index contributed by atoms with van der Waals surface area (Å²) in [5.74, 6) is -0.0541. The van der Waals surface area contributed by atoms with E-state index in [-0.39, 0.29) is 6.04 Å². The topological polar surface area (TPSA) is 67.1 Å². The summed E-state index contributed by atoms with van der Waals surface area (Å²) in [5, 5.41) is 14.8. The molecule has 1 aliphatic carbocycles. The molecule has 2 aromatic rings. The van der Waals surface area contributed by atoms with Gasteiger partial charge in [0.1, 0.15) is 12.2 Å². The van der Waals surface area contributed by atoms with Crippen molar-refractivity contribution >= 4 is 5.96 Å². The van der Waals surface area contributed by atoms with Gasteiger partial charge in [0, 0.05) is 19.0 Å². The van der Waals surface area contributed by atoms with E-state index >= 15 is 0 Å². The second-order valence-electron chi connectivity index (χ2n) is 7.19. The number of rotatable bonds is 7. The molecule has 1 aliphatic rings. The van der Waals surface area contributed by atoms with Crippen LogP contribution in [0.25, 0.3) is 0 Å². The molecular weight excluding hydrogens is 362 g/mol. The van der Waals surface area contributed by atoms with E-state index in [1.165, 1.54) is 18.9 Å². The van der Waals surface area contributed by atoms with Gasteiger partial charge in [-0.05, 0) is 37.5 Å². The Morgan fingerprint density at radius 3 is 2.79 bits per heavy atom. The van der Waals surface area contributed by atoms with E-state index < -0.39 is 11.6 Å². The predicted molar refractivity (Wildman–Crippen MR) is 105 cm³/mol. The molecular formula is C20H28F2N6. The number of hydrogen-bond donors (Lipinski definition) is 2. The van der Waals surface area contributed by atoms with Crippen LogP contribution in [0, 0.1) is 11.6 Å². The fourth-order valence-electron chi connectivity index (χ4n) is 3.48. The Labute approximate surface area is 164 Å². The molecule has 28 heavy (non-hydrogen) atoms. The van der Waals surface area contributed by atoms with Gasteiger partial charge in [-0.2, -0.15) is 0 Å². The van der Waals surface area contributed by atoms with E-state index in [0.29, 0.717) is 30.7 Å². The maximum atomic E-state index is 13.6. The molecule has 1 fully saturated rings. The lowest BCUT2D eigenvalue weighted by atomic mass is 10.1. The summed E-state index contributed by atoms with van der Waals surface area (Å²) in [6, 6.07) is 4.16. The van der Waals surface area contributed by atoms with E-state index in [2.05, 4.69) is 20.8 Å². The normalized spacial score (nSPS) is 16.4. The quantitative estimate of drug-likeness (QED) is 0.562. The predicted octanol–water partition coefficient (Wildman–Crippen LogP) is 3.36. The van der Waals surface area contributed by atoms with Crippen LogP contribution in [-0.4, -0.2) is 33.3 Å². The van der Waals surface area contributed by atoms with Crippen molar-refractivity contribution in [2.45, 2.75) is 64.6 Å². The maximum Gasteiger partial charge on any atom is 0.192 e. The van der Waals surface area contributed by atoms with Crippen molar-refractivity contribution in [1.29, 1.82) is 0 Å². The number of halogens is 2. The van der Waals surface area contributed by atoms with E-state index in [1.54, 1.807) is 12.4 Å². The van der Waals surface area contributed by atoms with Crippen LogP contribution >= 0.6 is 0 Å². The Hall–Kier alpha value is -2.51. The minimum atomic E-state index is -0.840. The molecule has 6 nitrogen and oxygen atoms in total. The van der Waals surface area contributed by atoms with Gasteiger partial charge in [-0.1, -0.05) is 25.8 Å². The largest absolute Gasteiger partial charge is 0.354 e. The van der Waals surface area contributed by atoms with Crippen LogP contribution in [0.4, 0.5) is 8.78 Å². The Morgan fingerprint density at radius 1 is 1.29 bits per heavy atom. The zero-order valence-electron chi connectivity index (χ0n) is 16.5. The van der Waals surface area contributed by atoms with Crippen LogP contribution in [0.5, 0.6) is 0 Å². The summed E-state index contributed by atoms with van der Waals surface area (Å²) >= 11 is 0. The second-order valence-corrected chi connectivity index (χ2v) is 7.19. The molecule has 8 heteroatoms. The smallest absolute Gasteiger partial charge is 0.192 e. The molecule has 2 N–H and O–H groups in total. The molecule has 0 aliphatic heterocycles. The van der Waals surface area contributed by atoms with E-state index in [0.717, 1.165) is 31.2 Å². The van der Waals surface area contributed by atoms with Gasteiger partial charge in [-0.3, -0.25) is 4.99 Å². The third kappa shape index (κ3) is 5.27. The van der Waals surface area contributed by atoms with Gasteiger partial charge in [-0.25, -0.2) is 8.78 Å². The summed E-state index contributed by atoms with van der Waals surface area (Å²) in [4.78, 5) is 4.69. The third-order valence-corrected chi connectivity index (χ3v) is 5.12. The highest BCUT2D eigenvalue weighted by Gasteiger charge is 2.18. The summed E-state index contributed by atoms with van der Waals surface area (Å²) in [7, 11) is 0. The molecule has 3 rings (SSSR count). The number of guanidine groups is 1. The molecule has 1 aromatic heterocycles. The van der Waals surface area contributed by atoms with Crippen LogP contribution < -0.4 is 10.6 Å². The first-order chi connectivity index (χ1) is 13.6. The second kappa shape index (κ2) is 9.61. The summed E-state index contributed by atoms with van der Waals surface area (Å²) < 4.78 is 28.8. The van der Waals surface area contributed by atoms with Crippen molar-refractivity contribution in [2.24, 2.45) is 4.99 Å². The maximum absolute atomic E-state index is 13.6. The van der Waals surface area contributed by atoms with Crippen molar-refractivity contribution in [3.63, 3.8) is 0 Å². The van der Waals surface area contributed by atoms with Crippen molar-refractivity contribution in [2.75, 3.05) is 6.54 Å². The molecule has 0 spiro atoms. The van der Waals surface area contributed by atoms with Crippen molar-refractivity contribution < 1.29 is 8.78 Å². The SMILES string of the molecule is CCc1nncn1CCN=C(NC1CCCC1)NC(C)c1ccc(F)c(F)c1. The van der Waals surface area contributed by atoms with Crippen molar-refractivity contribution in [1.82, 2.24) is 25.4 Å². The van der Waals surface area contributed by atoms with Crippen molar-refractivity contribution in [3.8, 4) is 0 Å². The number of benzene rings is 1. The fourth-order valence-corrected chi connectivity index (χ4v) is 3.48. The van der Waals surface area contributed by atoms with Gasteiger partial charge in [-0.15, -0.1) is 10.2 Å². The number of aliphatic imine (C=N–C) groups is 1. The third-order valence-electron chi connectivity index (χ3n) is 5.12. The lowest BCUT2D eigenvalue weighted by Gasteiger charge is -2.22. The summed E-state index contributed by atoms with van der Waals surface area (Å²) in [5.41, 5.74) is 0.673. The standard InChI is InChI=1S/C20H28F2N6/c1-3-19-27-24-13-28(19)11-10-23-20(26-16-6-4-5-7-16)25-14(2)15-8-9-17(21)18(22)12-15/h8-9,12-14,16H,3-7,10-11H2,1-2H3,(H2,23,25,26). The monoisotopic (exact) mass is 390 g/mol. The van der Waals surface area contributed by atoms with Crippen LogP contribution in [0.1, 0.15) is 57.0 Å². The Kier molecular flexibility index (Phi) is 6.95. The molecule has 0 saturated heterocycles. The highest BCUT2D eigenvalue weighted by Crippen LogP contribution is 2.19. The van der Waals surface area contributed by atoms with Gasteiger partial charge < -0.3 is 15.2 Å². The molecule has 1 heterocycles. The first-order valence-electron chi connectivity index (χ1n) is 9.96. The van der Waals surface area contributed by atoms with Gasteiger partial charge in [0.25, 0.3) is 0 Å². The highest BCUT2D eigenvalue weighted by atomic mass is 19.2. The molecule has 1 saturated carbocycles. The Bertz CT molecular complexity index is 798. The van der Waals surface area contributed by atoms with Crippen LogP contribution in [0.2, 0.25) is 0 Å². The lowest BCUT2D eigenvalue weighted by molar-refractivity contribution is 0.504. The van der Waals surface area contributed by atoms with E-state index in [4.69, 9.17) is 4.99 Å². The molecule has 1 unspecified atom stereocenters. The zero-order valence-corrected chi connectivity index (χ0v) is 16.5. The number of aromatic nitrogens is 3. The van der Waals surface area contributed by atoms with E-state index in [9.17, 15) is 8.78 Å².